The van der Waals surface area contributed by atoms with E-state index < -0.39 is 10.8 Å². The van der Waals surface area contributed by atoms with E-state index in [1.54, 1.807) is 18.2 Å². The normalized spacial score (nSPS) is 26.9. The Morgan fingerprint density at radius 1 is 1.50 bits per heavy atom. The van der Waals surface area contributed by atoms with E-state index in [1.807, 2.05) is 6.92 Å². The lowest BCUT2D eigenvalue weighted by molar-refractivity contribution is 0.127. The molecule has 1 aromatic rings. The molecule has 1 aliphatic rings. The first-order valence-electron chi connectivity index (χ1n) is 5.40. The zero-order valence-corrected chi connectivity index (χ0v) is 10.0. The van der Waals surface area contributed by atoms with Crippen molar-refractivity contribution in [1.82, 2.24) is 0 Å². The van der Waals surface area contributed by atoms with Gasteiger partial charge in [0.2, 0.25) is 0 Å². The van der Waals surface area contributed by atoms with Crippen molar-refractivity contribution in [2.24, 2.45) is 0 Å². The van der Waals surface area contributed by atoms with E-state index in [9.17, 15) is 8.60 Å². The van der Waals surface area contributed by atoms with Crippen LogP contribution < -0.4 is 0 Å². The van der Waals surface area contributed by atoms with Gasteiger partial charge in [0.1, 0.15) is 5.82 Å². The van der Waals surface area contributed by atoms with Crippen molar-refractivity contribution in [3.63, 3.8) is 0 Å². The molecule has 0 bridgehead atoms. The minimum Gasteiger partial charge on any atom is -0.377 e. The van der Waals surface area contributed by atoms with E-state index in [1.165, 1.54) is 6.07 Å². The minimum atomic E-state index is -1.05. The van der Waals surface area contributed by atoms with Crippen LogP contribution >= 0.6 is 0 Å². The van der Waals surface area contributed by atoms with Crippen molar-refractivity contribution in [3.05, 3.63) is 35.6 Å². The van der Waals surface area contributed by atoms with Gasteiger partial charge in [-0.25, -0.2) is 4.39 Å². The molecule has 1 fully saturated rings. The Hall–Kier alpha value is -0.740. The fourth-order valence-electron chi connectivity index (χ4n) is 1.93. The number of halogens is 1. The van der Waals surface area contributed by atoms with Crippen LogP contribution in [0.4, 0.5) is 4.39 Å². The zero-order chi connectivity index (χ0) is 11.5. The van der Waals surface area contributed by atoms with Gasteiger partial charge in [-0.1, -0.05) is 18.2 Å². The highest BCUT2D eigenvalue weighted by Gasteiger charge is 2.29. The molecule has 0 radical (unpaired) electrons. The summed E-state index contributed by atoms with van der Waals surface area (Å²) in [5.41, 5.74) is 0.528. The number of rotatable bonds is 3. The van der Waals surface area contributed by atoms with Gasteiger partial charge in [-0.2, -0.15) is 0 Å². The van der Waals surface area contributed by atoms with Gasteiger partial charge in [0.15, 0.2) is 0 Å². The van der Waals surface area contributed by atoms with Gasteiger partial charge >= 0.3 is 0 Å². The van der Waals surface area contributed by atoms with Crippen LogP contribution in [0.1, 0.15) is 18.9 Å². The van der Waals surface area contributed by atoms with Gasteiger partial charge in [-0.05, 0) is 19.4 Å². The molecule has 0 saturated carbocycles. The number of hydrogen-bond donors (Lipinski definition) is 0. The Kier molecular flexibility index (Phi) is 3.71. The van der Waals surface area contributed by atoms with Crippen LogP contribution in [-0.4, -0.2) is 22.2 Å². The molecule has 16 heavy (non-hydrogen) atoms. The molecule has 1 saturated heterocycles. The van der Waals surface area contributed by atoms with Crippen molar-refractivity contribution < 1.29 is 13.3 Å². The monoisotopic (exact) mass is 242 g/mol. The molecule has 4 heteroatoms. The summed E-state index contributed by atoms with van der Waals surface area (Å²) in [6.45, 7) is 2.59. The summed E-state index contributed by atoms with van der Waals surface area (Å²) in [5, 5.41) is 0.0413. The van der Waals surface area contributed by atoms with Crippen LogP contribution in [-0.2, 0) is 21.3 Å². The van der Waals surface area contributed by atoms with Gasteiger partial charge < -0.3 is 4.74 Å². The third-order valence-electron chi connectivity index (χ3n) is 2.90. The predicted octanol–water partition coefficient (Wildman–Crippen LogP) is 2.25. The lowest BCUT2D eigenvalue weighted by Crippen LogP contribution is -2.24. The van der Waals surface area contributed by atoms with Gasteiger partial charge in [-0.15, -0.1) is 0 Å². The van der Waals surface area contributed by atoms with Gasteiger partial charge in [0, 0.05) is 23.0 Å². The number of ether oxygens (including phenoxy) is 1. The van der Waals surface area contributed by atoms with E-state index in [2.05, 4.69) is 0 Å². The van der Waals surface area contributed by atoms with Crippen molar-refractivity contribution in [1.29, 1.82) is 0 Å². The standard InChI is InChI=1S/C12H15FO2S/c1-9-12(6-7-15-9)16(14)8-10-4-2-3-5-11(10)13/h2-5,9,12H,6-8H2,1H3/t9-,12+,16-/m0/s1. The maximum Gasteiger partial charge on any atom is 0.127 e. The lowest BCUT2D eigenvalue weighted by Gasteiger charge is -2.13. The van der Waals surface area contributed by atoms with Crippen molar-refractivity contribution in [2.75, 3.05) is 6.61 Å². The molecule has 0 unspecified atom stereocenters. The summed E-state index contributed by atoms with van der Waals surface area (Å²) in [6, 6.07) is 6.50. The number of benzene rings is 1. The van der Waals surface area contributed by atoms with Gasteiger partial charge in [0.25, 0.3) is 0 Å². The first kappa shape index (κ1) is 11.7. The molecule has 3 atom stereocenters. The van der Waals surface area contributed by atoms with Crippen molar-refractivity contribution in [3.8, 4) is 0 Å². The van der Waals surface area contributed by atoms with Gasteiger partial charge in [0.05, 0.1) is 17.1 Å². The second-order valence-electron chi connectivity index (χ2n) is 4.02. The molecule has 0 amide bonds. The molecular weight excluding hydrogens is 227 g/mol. The maximum absolute atomic E-state index is 13.4. The zero-order valence-electron chi connectivity index (χ0n) is 9.19. The van der Waals surface area contributed by atoms with E-state index in [0.29, 0.717) is 12.2 Å². The van der Waals surface area contributed by atoms with E-state index in [4.69, 9.17) is 4.74 Å². The summed E-state index contributed by atoms with van der Waals surface area (Å²) in [5.74, 6) is 0.00724. The van der Waals surface area contributed by atoms with Crippen molar-refractivity contribution >= 4 is 10.8 Å². The minimum absolute atomic E-state index is 0.0209. The van der Waals surface area contributed by atoms with Crippen LogP contribution in [0.3, 0.4) is 0 Å². The quantitative estimate of drug-likeness (QED) is 0.812. The molecule has 0 N–H and O–H groups in total. The molecule has 2 nitrogen and oxygen atoms in total. The molecule has 0 aromatic heterocycles. The summed E-state index contributed by atoms with van der Waals surface area (Å²) in [6.07, 6.45) is 0.829. The third kappa shape index (κ3) is 2.50. The van der Waals surface area contributed by atoms with Crippen LogP contribution in [0.2, 0.25) is 0 Å². The second-order valence-corrected chi connectivity index (χ2v) is 5.68. The summed E-state index contributed by atoms with van der Waals surface area (Å²) >= 11 is 0. The van der Waals surface area contributed by atoms with Crippen molar-refractivity contribution in [2.45, 2.75) is 30.5 Å². The largest absolute Gasteiger partial charge is 0.377 e. The molecule has 1 heterocycles. The highest BCUT2D eigenvalue weighted by Crippen LogP contribution is 2.21. The first-order valence-corrected chi connectivity index (χ1v) is 6.79. The summed E-state index contributed by atoms with van der Waals surface area (Å²) in [4.78, 5) is 0. The Labute approximate surface area is 97.3 Å². The summed E-state index contributed by atoms with van der Waals surface area (Å²) < 4.78 is 30.8. The van der Waals surface area contributed by atoms with E-state index >= 15 is 0 Å². The SMILES string of the molecule is C[C@@H]1OCC[C@H]1[S@@](=O)Cc1ccccc1F. The van der Waals surface area contributed by atoms with Crippen LogP contribution in [0, 0.1) is 5.82 Å². The first-order chi connectivity index (χ1) is 7.68. The topological polar surface area (TPSA) is 26.3 Å². The third-order valence-corrected chi connectivity index (χ3v) is 4.79. The Bertz CT molecular complexity index is 394. The Balaban J connectivity index is 2.05. The molecule has 88 valence electrons. The smallest absolute Gasteiger partial charge is 0.127 e. The Morgan fingerprint density at radius 2 is 2.25 bits per heavy atom. The second kappa shape index (κ2) is 5.06. The van der Waals surface area contributed by atoms with Crippen LogP contribution in [0.25, 0.3) is 0 Å². The highest BCUT2D eigenvalue weighted by atomic mass is 32.2. The highest BCUT2D eigenvalue weighted by molar-refractivity contribution is 7.84. The fraction of sp³-hybridized carbons (Fsp3) is 0.500. The molecule has 2 rings (SSSR count). The molecule has 0 spiro atoms. The maximum atomic E-state index is 13.4. The van der Waals surface area contributed by atoms with Crippen LogP contribution in [0.5, 0.6) is 0 Å². The Morgan fingerprint density at radius 3 is 2.88 bits per heavy atom. The molecule has 1 aliphatic heterocycles. The fourth-order valence-corrected chi connectivity index (χ4v) is 3.55. The molecular formula is C12H15FO2S. The van der Waals surface area contributed by atoms with Crippen LogP contribution in [0.15, 0.2) is 24.3 Å². The predicted molar refractivity (Wildman–Crippen MR) is 62.1 cm³/mol. The average molecular weight is 242 g/mol. The van der Waals surface area contributed by atoms with Gasteiger partial charge in [-0.3, -0.25) is 4.21 Å². The van der Waals surface area contributed by atoms with E-state index in [0.717, 1.165) is 6.42 Å². The molecule has 1 aromatic carbocycles. The number of hydrogen-bond acceptors (Lipinski definition) is 2. The van der Waals surface area contributed by atoms with E-state index in [-0.39, 0.29) is 22.9 Å². The summed E-state index contributed by atoms with van der Waals surface area (Å²) in [7, 11) is -1.05. The average Bonchev–Trinajstić information content (AvgIpc) is 2.68. The molecule has 0 aliphatic carbocycles. The lowest BCUT2D eigenvalue weighted by atomic mass is 10.2.